The Bertz CT molecular complexity index is 968. The Morgan fingerprint density at radius 1 is 0.484 bits per heavy atom. The van der Waals surface area contributed by atoms with E-state index in [1.54, 1.807) is 0 Å². The molecule has 2 aliphatic carbocycles. The molecule has 0 radical (unpaired) electrons. The Hall–Kier alpha value is -0.160. The molecule has 1 unspecified atom stereocenters. The Morgan fingerprint density at radius 3 is 1.28 bits per heavy atom. The quantitative estimate of drug-likeness (QED) is 0.121. The third-order valence-corrected chi connectivity index (χ3v) is 12.5. The van der Waals surface area contributed by atoms with Crippen molar-refractivity contribution in [2.24, 2.45) is 44.8 Å². The summed E-state index contributed by atoms with van der Waals surface area (Å²) in [5.41, 5.74) is 2.37. The van der Waals surface area contributed by atoms with Crippen LogP contribution in [0.5, 0.6) is 0 Å². The molecule has 0 N–H and O–H groups in total. The van der Waals surface area contributed by atoms with Gasteiger partial charge in [-0.25, -0.2) is 0 Å². The molecule has 64 heavy (non-hydrogen) atoms. The minimum atomic E-state index is 0. The second kappa shape index (κ2) is 37.7. The molecule has 2 fully saturated rings. The van der Waals surface area contributed by atoms with Gasteiger partial charge in [0.2, 0.25) is 0 Å². The van der Waals surface area contributed by atoms with Crippen LogP contribution in [-0.4, -0.2) is 98.1 Å². The molecule has 0 bridgehead atoms. The molecule has 0 amide bonds. The summed E-state index contributed by atoms with van der Waals surface area (Å²) in [6, 6.07) is 0.882. The summed E-state index contributed by atoms with van der Waals surface area (Å²) in [7, 11) is 2.23. The molecule has 0 saturated heterocycles. The van der Waals surface area contributed by atoms with Gasteiger partial charge in [0, 0.05) is 32.2 Å². The van der Waals surface area contributed by atoms with Crippen molar-refractivity contribution in [1.82, 2.24) is 19.6 Å². The summed E-state index contributed by atoms with van der Waals surface area (Å²) < 4.78 is 0. The lowest BCUT2D eigenvalue weighted by molar-refractivity contribution is 0.117. The van der Waals surface area contributed by atoms with E-state index in [2.05, 4.69) is 186 Å². The molecule has 0 aliphatic heterocycles. The van der Waals surface area contributed by atoms with Crippen LogP contribution in [0.1, 0.15) is 269 Å². The fourth-order valence-corrected chi connectivity index (χ4v) is 9.39. The van der Waals surface area contributed by atoms with Crippen molar-refractivity contribution in [3.63, 3.8) is 0 Å². The van der Waals surface area contributed by atoms with Gasteiger partial charge < -0.3 is 19.6 Å². The van der Waals surface area contributed by atoms with Gasteiger partial charge in [0.05, 0.1) is 0 Å². The molecular weight excluding hydrogens is 777 g/mol. The smallest absolute Gasteiger partial charge is 0.00953 e. The van der Waals surface area contributed by atoms with Crippen molar-refractivity contribution in [2.45, 2.75) is 275 Å². The second-order valence-electron chi connectivity index (χ2n) is 27.1. The highest BCUT2D eigenvalue weighted by molar-refractivity contribution is 4.79. The van der Waals surface area contributed by atoms with E-state index in [1.807, 2.05) is 0 Å². The monoisotopic (exact) mass is 909 g/mol. The minimum absolute atomic E-state index is 0. The predicted molar refractivity (Wildman–Crippen MR) is 299 cm³/mol. The maximum atomic E-state index is 2.69. The Labute approximate surface area is 410 Å². The lowest BCUT2D eigenvalue weighted by Crippen LogP contribution is -2.41. The summed E-state index contributed by atoms with van der Waals surface area (Å²) in [5.74, 6) is 2.76. The molecule has 0 aromatic rings. The molecule has 0 aromatic carbocycles. The lowest BCUT2D eigenvalue weighted by atomic mass is 9.83. The van der Waals surface area contributed by atoms with E-state index in [4.69, 9.17) is 0 Å². The number of rotatable bonds is 20. The Balaban J connectivity index is -0.000000352. The summed E-state index contributed by atoms with van der Waals surface area (Å²) in [4.78, 5) is 10.2. The van der Waals surface area contributed by atoms with Gasteiger partial charge in [0.1, 0.15) is 0 Å². The topological polar surface area (TPSA) is 13.0 Å². The number of unbranched alkanes of at least 4 members (excludes halogenated alkanes) is 1. The molecule has 4 heteroatoms. The van der Waals surface area contributed by atoms with E-state index in [-0.39, 0.29) is 7.43 Å². The van der Waals surface area contributed by atoms with E-state index < -0.39 is 0 Å². The predicted octanol–water partition coefficient (Wildman–Crippen LogP) is 18.3. The maximum absolute atomic E-state index is 2.69. The van der Waals surface area contributed by atoms with Gasteiger partial charge in [-0.1, -0.05) is 218 Å². The Morgan fingerprint density at radius 2 is 0.922 bits per heavy atom. The van der Waals surface area contributed by atoms with Crippen LogP contribution >= 0.6 is 0 Å². The zero-order valence-electron chi connectivity index (χ0n) is 49.0. The average Bonchev–Trinajstić information content (AvgIpc) is 3.66. The maximum Gasteiger partial charge on any atom is 0.00953 e. The van der Waals surface area contributed by atoms with Crippen LogP contribution in [0.25, 0.3) is 0 Å². The molecule has 2 aliphatic rings. The first-order chi connectivity index (χ1) is 28.8. The lowest BCUT2D eigenvalue weighted by Gasteiger charge is -2.37. The number of nitrogens with zero attached hydrogens (tertiary/aromatic N) is 4. The molecule has 2 saturated carbocycles. The van der Waals surface area contributed by atoms with E-state index in [0.717, 1.165) is 23.8 Å². The van der Waals surface area contributed by atoms with Crippen LogP contribution in [-0.2, 0) is 0 Å². The van der Waals surface area contributed by atoms with Gasteiger partial charge in [0.25, 0.3) is 0 Å². The van der Waals surface area contributed by atoms with Gasteiger partial charge in [-0.3, -0.25) is 0 Å². The first-order valence-electron chi connectivity index (χ1n) is 27.7. The highest BCUT2D eigenvalue weighted by atomic mass is 15.2. The van der Waals surface area contributed by atoms with E-state index in [0.29, 0.717) is 27.1 Å². The van der Waals surface area contributed by atoms with Gasteiger partial charge in [0.15, 0.2) is 0 Å². The van der Waals surface area contributed by atoms with Crippen LogP contribution in [0, 0.1) is 44.8 Å². The van der Waals surface area contributed by atoms with E-state index in [9.17, 15) is 0 Å². The van der Waals surface area contributed by atoms with Crippen LogP contribution in [0.3, 0.4) is 0 Å². The molecular formula is C60H132N4. The molecule has 0 heterocycles. The fourth-order valence-electron chi connectivity index (χ4n) is 9.39. The first kappa shape index (κ1) is 70.4. The third-order valence-electron chi connectivity index (χ3n) is 12.5. The molecule has 2 rings (SSSR count). The molecule has 1 atom stereocenters. The highest BCUT2D eigenvalue weighted by Gasteiger charge is 2.24. The van der Waals surface area contributed by atoms with Crippen molar-refractivity contribution in [2.75, 3.05) is 72.5 Å². The van der Waals surface area contributed by atoms with Crippen LogP contribution < -0.4 is 0 Å². The van der Waals surface area contributed by atoms with Crippen molar-refractivity contribution >= 4 is 0 Å². The zero-order chi connectivity index (χ0) is 49.5. The third kappa shape index (κ3) is 51.2. The van der Waals surface area contributed by atoms with Crippen molar-refractivity contribution in [3.05, 3.63) is 0 Å². The summed E-state index contributed by atoms with van der Waals surface area (Å²) in [6.07, 6.45) is 22.6. The minimum Gasteiger partial charge on any atom is -0.306 e. The first-order valence-corrected chi connectivity index (χ1v) is 27.7. The van der Waals surface area contributed by atoms with Crippen LogP contribution in [0.4, 0.5) is 0 Å². The summed E-state index contributed by atoms with van der Waals surface area (Å²) in [5, 5.41) is 0. The molecule has 392 valence electrons. The van der Waals surface area contributed by atoms with Crippen molar-refractivity contribution in [1.29, 1.82) is 0 Å². The van der Waals surface area contributed by atoms with Crippen molar-refractivity contribution < 1.29 is 0 Å². The summed E-state index contributed by atoms with van der Waals surface area (Å²) in [6.45, 7) is 65.5. The van der Waals surface area contributed by atoms with Crippen LogP contribution in [0.15, 0.2) is 0 Å². The van der Waals surface area contributed by atoms with Gasteiger partial charge in [-0.15, -0.1) is 0 Å². The molecule has 0 aromatic heterocycles. The standard InChI is InChI=1S/2C13H27N.C12H27N.C12H26.C9H21N.CH4/c1-5-14(11-13(2,3)4)10-12-8-6-7-9-12;1-5-14(11-13(2,3)4)12-9-7-6-8-10-12;1-6-7-10-13(5)11-8-9-12(2,3)4;1-10(2)7-8-11(3)9-12(4,5)6;1-6-10(7-2)8-9(3,4)5;/h2*12H,5-11H2,1-4H3;6-11H2,1-5H3;10-11H,7-9H2,1-6H3;6-8H2,1-5H3;1H4. The largest absolute Gasteiger partial charge is 0.306 e. The number of hydrogen-bond acceptors (Lipinski definition) is 4. The van der Waals surface area contributed by atoms with E-state index >= 15 is 0 Å². The van der Waals surface area contributed by atoms with E-state index in [1.165, 1.54) is 168 Å². The van der Waals surface area contributed by atoms with Gasteiger partial charge in [-0.2, -0.15) is 0 Å². The fraction of sp³-hybridized carbons (Fsp3) is 1.00. The second-order valence-corrected chi connectivity index (χ2v) is 27.1. The SMILES string of the molecule is C.CC(C)CCC(C)CC(C)(C)C.CCCCN(C)CCCC(C)(C)C.CCN(CC(C)(C)C)C1CCCCC1.CCN(CC)CC(C)(C)C.CCN(CC1CCCC1)CC(C)(C)C. The zero-order valence-corrected chi connectivity index (χ0v) is 49.0. The molecule has 0 spiro atoms. The number of hydrogen-bond donors (Lipinski definition) is 0. The van der Waals surface area contributed by atoms with Crippen LogP contribution in [0.2, 0.25) is 0 Å². The van der Waals surface area contributed by atoms with Crippen molar-refractivity contribution in [3.8, 4) is 0 Å². The Kier molecular flexibility index (Phi) is 41.5. The van der Waals surface area contributed by atoms with Gasteiger partial charge in [-0.05, 0) is 143 Å². The molecule has 4 nitrogen and oxygen atoms in total. The summed E-state index contributed by atoms with van der Waals surface area (Å²) >= 11 is 0. The average molecular weight is 910 g/mol. The highest BCUT2D eigenvalue weighted by Crippen LogP contribution is 2.29. The van der Waals surface area contributed by atoms with Gasteiger partial charge >= 0.3 is 0 Å². The normalized spacial score (nSPS) is 16.1.